The van der Waals surface area contributed by atoms with Crippen LogP contribution in [-0.4, -0.2) is 32.8 Å². The molecule has 0 spiro atoms. The zero-order valence-corrected chi connectivity index (χ0v) is 12.2. The molecule has 0 saturated heterocycles. The van der Waals surface area contributed by atoms with Crippen LogP contribution in [0.4, 0.5) is 11.5 Å². The van der Waals surface area contributed by atoms with Gasteiger partial charge in [0.05, 0.1) is 19.9 Å². The van der Waals surface area contributed by atoms with Gasteiger partial charge in [0.25, 0.3) is 10.0 Å². The van der Waals surface area contributed by atoms with Crippen molar-refractivity contribution in [1.29, 1.82) is 0 Å². The Morgan fingerprint density at radius 2 is 1.90 bits per heavy atom. The van der Waals surface area contributed by atoms with E-state index in [9.17, 15) is 8.42 Å². The highest BCUT2D eigenvalue weighted by Crippen LogP contribution is 2.34. The number of hydrogen-bond donors (Lipinski definition) is 2. The molecular weight excluding hydrogens is 296 g/mol. The maximum Gasteiger partial charge on any atom is 0.266 e. The number of sulfonamides is 1. The highest BCUT2D eigenvalue weighted by molar-refractivity contribution is 7.92. The molecule has 21 heavy (non-hydrogen) atoms. The van der Waals surface area contributed by atoms with Gasteiger partial charge in [-0.2, -0.15) is 5.10 Å². The van der Waals surface area contributed by atoms with Crippen LogP contribution in [0.3, 0.4) is 0 Å². The summed E-state index contributed by atoms with van der Waals surface area (Å²) in [5.41, 5.74) is 5.92. The third-order valence-electron chi connectivity index (χ3n) is 2.62. The molecule has 0 saturated carbocycles. The number of rotatable bonds is 5. The van der Waals surface area contributed by atoms with Gasteiger partial charge >= 0.3 is 0 Å². The van der Waals surface area contributed by atoms with Gasteiger partial charge in [-0.25, -0.2) is 8.42 Å². The normalized spacial score (nSPS) is 11.0. The van der Waals surface area contributed by atoms with E-state index >= 15 is 0 Å². The largest absolute Gasteiger partial charge is 0.495 e. The maximum atomic E-state index is 12.4. The predicted molar refractivity (Wildman–Crippen MR) is 76.8 cm³/mol. The van der Waals surface area contributed by atoms with E-state index in [1.807, 2.05) is 0 Å². The number of nitrogens with zero attached hydrogens (tertiary/aromatic N) is 2. The molecule has 0 atom stereocenters. The number of aromatic nitrogens is 2. The molecule has 0 bridgehead atoms. The lowest BCUT2D eigenvalue weighted by molar-refractivity contribution is 0.387. The minimum Gasteiger partial charge on any atom is -0.495 e. The summed E-state index contributed by atoms with van der Waals surface area (Å²) >= 11 is 0. The van der Waals surface area contributed by atoms with Crippen LogP contribution in [0.15, 0.2) is 35.4 Å². The molecule has 2 rings (SSSR count). The summed E-state index contributed by atoms with van der Waals surface area (Å²) in [7, 11) is -1.14. The molecule has 0 aliphatic rings. The molecule has 1 aromatic heterocycles. The Morgan fingerprint density at radius 1 is 1.19 bits per heavy atom. The van der Waals surface area contributed by atoms with Crippen molar-refractivity contribution >= 4 is 21.5 Å². The minimum atomic E-state index is -3.92. The van der Waals surface area contributed by atoms with Crippen LogP contribution in [0, 0.1) is 0 Å². The van der Waals surface area contributed by atoms with Crippen LogP contribution in [0.5, 0.6) is 11.5 Å². The Kier molecular flexibility index (Phi) is 4.13. The monoisotopic (exact) mass is 310 g/mol. The molecule has 0 aliphatic heterocycles. The third-order valence-corrected chi connectivity index (χ3v) is 3.99. The first-order valence-corrected chi connectivity index (χ1v) is 7.28. The van der Waals surface area contributed by atoms with Crippen molar-refractivity contribution in [2.45, 2.75) is 4.90 Å². The fourth-order valence-corrected chi connectivity index (χ4v) is 2.84. The van der Waals surface area contributed by atoms with Gasteiger partial charge in [0.1, 0.15) is 16.4 Å². The fourth-order valence-electron chi connectivity index (χ4n) is 1.65. The molecule has 0 aliphatic carbocycles. The summed E-state index contributed by atoms with van der Waals surface area (Å²) in [6, 6.07) is 5.70. The third kappa shape index (κ3) is 3.14. The molecule has 9 heteroatoms. The number of hydrogen-bond acceptors (Lipinski definition) is 7. The minimum absolute atomic E-state index is 0.0916. The Hall–Kier alpha value is -2.55. The van der Waals surface area contributed by atoms with Crippen LogP contribution in [0.25, 0.3) is 0 Å². The fraction of sp³-hybridized carbons (Fsp3) is 0.167. The molecule has 8 nitrogen and oxygen atoms in total. The van der Waals surface area contributed by atoms with Gasteiger partial charge in [-0.3, -0.25) is 4.72 Å². The lowest BCUT2D eigenvalue weighted by atomic mass is 10.3. The quantitative estimate of drug-likeness (QED) is 0.787. The van der Waals surface area contributed by atoms with Crippen molar-refractivity contribution in [3.63, 3.8) is 0 Å². The van der Waals surface area contributed by atoms with Crippen molar-refractivity contribution < 1.29 is 17.9 Å². The van der Waals surface area contributed by atoms with E-state index in [0.717, 1.165) is 0 Å². The number of nitrogens with one attached hydrogen (secondary N) is 1. The first-order valence-electron chi connectivity index (χ1n) is 5.80. The van der Waals surface area contributed by atoms with E-state index < -0.39 is 10.0 Å². The topological polar surface area (TPSA) is 116 Å². The predicted octanol–water partition coefficient (Wildman–Crippen LogP) is 0.877. The summed E-state index contributed by atoms with van der Waals surface area (Å²) in [5.74, 6) is 0.525. The van der Waals surface area contributed by atoms with E-state index in [1.165, 1.54) is 38.6 Å². The van der Waals surface area contributed by atoms with E-state index in [1.54, 1.807) is 6.07 Å². The SMILES string of the molecule is COc1cc(OC)c(S(=O)(=O)Nc2cccnn2)cc1N. The molecule has 2 aromatic rings. The van der Waals surface area contributed by atoms with Gasteiger partial charge in [0.2, 0.25) is 0 Å². The van der Waals surface area contributed by atoms with Crippen molar-refractivity contribution in [3.8, 4) is 11.5 Å². The summed E-state index contributed by atoms with van der Waals surface area (Å²) in [5, 5.41) is 7.26. The summed E-state index contributed by atoms with van der Waals surface area (Å²) in [6.45, 7) is 0. The molecule has 0 amide bonds. The summed E-state index contributed by atoms with van der Waals surface area (Å²) in [4.78, 5) is -0.117. The standard InChI is InChI=1S/C12H14N4O4S/c1-19-9-7-10(20-2)11(6-8(9)13)21(17,18)16-12-4-3-5-14-15-12/h3-7H,13H2,1-2H3,(H,15,16). The average Bonchev–Trinajstić information content (AvgIpc) is 2.47. The molecule has 3 N–H and O–H groups in total. The zero-order valence-electron chi connectivity index (χ0n) is 11.4. The van der Waals surface area contributed by atoms with Crippen LogP contribution < -0.4 is 19.9 Å². The van der Waals surface area contributed by atoms with Crippen molar-refractivity contribution in [2.75, 3.05) is 24.7 Å². The molecule has 1 aromatic carbocycles. The molecule has 1 heterocycles. The van der Waals surface area contributed by atoms with E-state index in [4.69, 9.17) is 15.2 Å². The number of benzene rings is 1. The number of methoxy groups -OCH3 is 2. The van der Waals surface area contributed by atoms with Crippen LogP contribution in [0.1, 0.15) is 0 Å². The molecule has 0 fully saturated rings. The Morgan fingerprint density at radius 3 is 2.48 bits per heavy atom. The highest BCUT2D eigenvalue weighted by atomic mass is 32.2. The zero-order chi connectivity index (χ0) is 15.5. The number of anilines is 2. The highest BCUT2D eigenvalue weighted by Gasteiger charge is 2.22. The van der Waals surface area contributed by atoms with Gasteiger partial charge in [-0.15, -0.1) is 5.10 Å². The van der Waals surface area contributed by atoms with Crippen molar-refractivity contribution in [1.82, 2.24) is 10.2 Å². The summed E-state index contributed by atoms with van der Waals surface area (Å²) in [6.07, 6.45) is 1.43. The molecular formula is C12H14N4O4S. The summed E-state index contributed by atoms with van der Waals surface area (Å²) < 4.78 is 37.2. The van der Waals surface area contributed by atoms with Crippen LogP contribution in [0.2, 0.25) is 0 Å². The van der Waals surface area contributed by atoms with Crippen LogP contribution >= 0.6 is 0 Å². The smallest absolute Gasteiger partial charge is 0.266 e. The second-order valence-corrected chi connectivity index (χ2v) is 5.61. The Bertz CT molecular complexity index is 734. The first kappa shape index (κ1) is 14.9. The average molecular weight is 310 g/mol. The van der Waals surface area contributed by atoms with Gasteiger partial charge < -0.3 is 15.2 Å². The van der Waals surface area contributed by atoms with Gasteiger partial charge in [-0.05, 0) is 18.2 Å². The Labute approximate surface area is 122 Å². The second kappa shape index (κ2) is 5.83. The second-order valence-electron chi connectivity index (χ2n) is 3.96. The van der Waals surface area contributed by atoms with E-state index in [-0.39, 0.29) is 22.2 Å². The van der Waals surface area contributed by atoms with Gasteiger partial charge in [0, 0.05) is 12.3 Å². The van der Waals surface area contributed by atoms with Crippen molar-refractivity contribution in [2.24, 2.45) is 0 Å². The number of nitrogens with two attached hydrogens (primary N) is 1. The van der Waals surface area contributed by atoms with Gasteiger partial charge in [-0.1, -0.05) is 0 Å². The lowest BCUT2D eigenvalue weighted by Crippen LogP contribution is -2.15. The van der Waals surface area contributed by atoms with E-state index in [2.05, 4.69) is 14.9 Å². The molecule has 0 radical (unpaired) electrons. The number of ether oxygens (including phenoxy) is 2. The van der Waals surface area contributed by atoms with Gasteiger partial charge in [0.15, 0.2) is 5.82 Å². The maximum absolute atomic E-state index is 12.4. The van der Waals surface area contributed by atoms with Crippen LogP contribution in [-0.2, 0) is 10.0 Å². The van der Waals surface area contributed by atoms with Crippen molar-refractivity contribution in [3.05, 3.63) is 30.5 Å². The lowest BCUT2D eigenvalue weighted by Gasteiger charge is -2.13. The Balaban J connectivity index is 2.47. The molecule has 0 unspecified atom stereocenters. The first-order chi connectivity index (χ1) is 9.97. The number of nitrogen functional groups attached to an aromatic ring is 1. The molecule has 112 valence electrons. The van der Waals surface area contributed by atoms with E-state index in [0.29, 0.717) is 5.75 Å².